The molecule has 4 aliphatic rings. The Bertz CT molecular complexity index is 546. The van der Waals surface area contributed by atoms with Crippen molar-refractivity contribution < 1.29 is 9.47 Å². The van der Waals surface area contributed by atoms with E-state index in [2.05, 4.69) is 45.0 Å². The molecular formula is C23H34O2. The van der Waals surface area contributed by atoms with Crippen LogP contribution < -0.4 is 4.74 Å². The predicted octanol–water partition coefficient (Wildman–Crippen LogP) is 5.80. The summed E-state index contributed by atoms with van der Waals surface area (Å²) in [6.07, 6.45) is 8.54. The quantitative estimate of drug-likeness (QED) is 0.460. The highest BCUT2D eigenvalue weighted by Crippen LogP contribution is 2.56. The molecule has 4 saturated carbocycles. The van der Waals surface area contributed by atoms with Gasteiger partial charge in [0.2, 0.25) is 0 Å². The van der Waals surface area contributed by atoms with Crippen LogP contribution in [0.1, 0.15) is 64.9 Å². The maximum absolute atomic E-state index is 5.96. The summed E-state index contributed by atoms with van der Waals surface area (Å²) in [6.45, 7) is 8.10. The Morgan fingerprint density at radius 2 is 1.52 bits per heavy atom. The number of rotatable bonds is 7. The Balaban J connectivity index is 1.23. The minimum absolute atomic E-state index is 0.231. The Hall–Kier alpha value is -1.02. The molecule has 138 valence electrons. The predicted molar refractivity (Wildman–Crippen MR) is 102 cm³/mol. The highest BCUT2D eigenvalue weighted by molar-refractivity contribution is 5.31. The Kier molecular flexibility index (Phi) is 4.83. The summed E-state index contributed by atoms with van der Waals surface area (Å²) in [5, 5.41) is 0. The summed E-state index contributed by atoms with van der Waals surface area (Å²) in [5.74, 6) is 5.67. The SMILES string of the molecule is CCC(C)(C)c1ccc(OCOCC2C3CC4CC(C3)CC2C4)cc1. The van der Waals surface area contributed by atoms with Gasteiger partial charge in [-0.15, -0.1) is 0 Å². The van der Waals surface area contributed by atoms with Crippen molar-refractivity contribution in [2.45, 2.75) is 64.7 Å². The standard InChI is InChI=1S/C23H34O2/c1-4-23(2,3)20-5-7-21(8-6-20)25-15-24-14-22-18-10-16-9-17(12-18)13-19(22)11-16/h5-8,16-19,22H,4,9-15H2,1-3H3. The molecule has 0 radical (unpaired) electrons. The van der Waals surface area contributed by atoms with E-state index in [1.54, 1.807) is 0 Å². The van der Waals surface area contributed by atoms with E-state index in [4.69, 9.17) is 9.47 Å². The fraction of sp³-hybridized carbons (Fsp3) is 0.739. The van der Waals surface area contributed by atoms with Crippen LogP contribution in [0.2, 0.25) is 0 Å². The molecule has 2 heteroatoms. The fourth-order valence-electron chi connectivity index (χ4n) is 5.81. The first-order chi connectivity index (χ1) is 12.0. The van der Waals surface area contributed by atoms with Gasteiger partial charge < -0.3 is 9.47 Å². The third kappa shape index (κ3) is 3.60. The fourth-order valence-corrected chi connectivity index (χ4v) is 5.81. The van der Waals surface area contributed by atoms with Crippen LogP contribution in [-0.2, 0) is 10.2 Å². The molecule has 25 heavy (non-hydrogen) atoms. The van der Waals surface area contributed by atoms with Gasteiger partial charge in [-0.2, -0.15) is 0 Å². The van der Waals surface area contributed by atoms with Crippen molar-refractivity contribution in [2.24, 2.45) is 29.6 Å². The number of hydrogen-bond acceptors (Lipinski definition) is 2. The van der Waals surface area contributed by atoms with Crippen molar-refractivity contribution in [3.8, 4) is 5.75 Å². The summed E-state index contributed by atoms with van der Waals surface area (Å²) in [6, 6.07) is 8.55. The zero-order chi connectivity index (χ0) is 17.4. The lowest BCUT2D eigenvalue weighted by Gasteiger charge is -2.54. The molecule has 4 bridgehead atoms. The van der Waals surface area contributed by atoms with Gasteiger partial charge in [0, 0.05) is 0 Å². The molecule has 0 amide bonds. The van der Waals surface area contributed by atoms with Gasteiger partial charge in [0.15, 0.2) is 6.79 Å². The van der Waals surface area contributed by atoms with E-state index in [-0.39, 0.29) is 5.41 Å². The summed E-state index contributed by atoms with van der Waals surface area (Å²) < 4.78 is 11.8. The largest absolute Gasteiger partial charge is 0.468 e. The Labute approximate surface area is 153 Å². The van der Waals surface area contributed by atoms with Crippen molar-refractivity contribution in [3.63, 3.8) is 0 Å². The summed E-state index contributed by atoms with van der Waals surface area (Å²) in [5.41, 5.74) is 1.60. The van der Waals surface area contributed by atoms with Crippen molar-refractivity contribution in [1.82, 2.24) is 0 Å². The maximum Gasteiger partial charge on any atom is 0.189 e. The molecule has 4 aliphatic carbocycles. The third-order valence-electron chi connectivity index (χ3n) is 7.56. The van der Waals surface area contributed by atoms with Crippen LogP contribution >= 0.6 is 0 Å². The minimum Gasteiger partial charge on any atom is -0.468 e. The molecular weight excluding hydrogens is 308 g/mol. The smallest absolute Gasteiger partial charge is 0.189 e. The lowest BCUT2D eigenvalue weighted by Crippen LogP contribution is -2.46. The van der Waals surface area contributed by atoms with E-state index in [9.17, 15) is 0 Å². The highest BCUT2D eigenvalue weighted by atomic mass is 16.7. The lowest BCUT2D eigenvalue weighted by molar-refractivity contribution is -0.0912. The van der Waals surface area contributed by atoms with Crippen LogP contribution in [0, 0.1) is 29.6 Å². The van der Waals surface area contributed by atoms with E-state index in [0.29, 0.717) is 6.79 Å². The van der Waals surface area contributed by atoms with Crippen LogP contribution in [-0.4, -0.2) is 13.4 Å². The van der Waals surface area contributed by atoms with E-state index in [1.165, 1.54) is 37.7 Å². The van der Waals surface area contributed by atoms with Gasteiger partial charge in [-0.25, -0.2) is 0 Å². The molecule has 0 aromatic heterocycles. The van der Waals surface area contributed by atoms with E-state index in [1.807, 2.05) is 0 Å². The van der Waals surface area contributed by atoms with E-state index >= 15 is 0 Å². The maximum atomic E-state index is 5.96. The van der Waals surface area contributed by atoms with Gasteiger partial charge in [0.25, 0.3) is 0 Å². The molecule has 1 aromatic rings. The molecule has 0 N–H and O–H groups in total. The molecule has 0 spiro atoms. The summed E-state index contributed by atoms with van der Waals surface area (Å²) in [7, 11) is 0. The van der Waals surface area contributed by atoms with E-state index in [0.717, 1.165) is 48.4 Å². The van der Waals surface area contributed by atoms with E-state index < -0.39 is 0 Å². The van der Waals surface area contributed by atoms with Crippen molar-refractivity contribution >= 4 is 0 Å². The molecule has 0 atom stereocenters. The normalized spacial score (nSPS) is 33.6. The second kappa shape index (κ2) is 6.95. The van der Waals surface area contributed by atoms with Crippen molar-refractivity contribution in [3.05, 3.63) is 29.8 Å². The van der Waals surface area contributed by atoms with Gasteiger partial charge in [0.1, 0.15) is 5.75 Å². The molecule has 0 saturated heterocycles. The average Bonchev–Trinajstić information content (AvgIpc) is 2.60. The van der Waals surface area contributed by atoms with Crippen LogP contribution in [0.15, 0.2) is 24.3 Å². The van der Waals surface area contributed by atoms with Crippen LogP contribution in [0.25, 0.3) is 0 Å². The van der Waals surface area contributed by atoms with Crippen LogP contribution in [0.5, 0.6) is 5.75 Å². The zero-order valence-electron chi connectivity index (χ0n) is 16.2. The average molecular weight is 343 g/mol. The molecule has 0 unspecified atom stereocenters. The number of hydrogen-bond donors (Lipinski definition) is 0. The molecule has 0 heterocycles. The number of benzene rings is 1. The van der Waals surface area contributed by atoms with Crippen molar-refractivity contribution in [1.29, 1.82) is 0 Å². The Morgan fingerprint density at radius 3 is 2.08 bits per heavy atom. The van der Waals surface area contributed by atoms with Crippen LogP contribution in [0.4, 0.5) is 0 Å². The highest BCUT2D eigenvalue weighted by Gasteiger charge is 2.47. The monoisotopic (exact) mass is 342 g/mol. The zero-order valence-corrected chi connectivity index (χ0v) is 16.2. The first-order valence-corrected chi connectivity index (χ1v) is 10.4. The van der Waals surface area contributed by atoms with Gasteiger partial charge in [-0.1, -0.05) is 32.9 Å². The first kappa shape index (κ1) is 17.4. The molecule has 5 rings (SSSR count). The third-order valence-corrected chi connectivity index (χ3v) is 7.56. The summed E-state index contributed by atoms with van der Waals surface area (Å²) in [4.78, 5) is 0. The molecule has 2 nitrogen and oxygen atoms in total. The topological polar surface area (TPSA) is 18.5 Å². The molecule has 1 aromatic carbocycles. The van der Waals surface area contributed by atoms with Gasteiger partial charge >= 0.3 is 0 Å². The van der Waals surface area contributed by atoms with Crippen LogP contribution in [0.3, 0.4) is 0 Å². The molecule has 4 fully saturated rings. The molecule has 0 aliphatic heterocycles. The second-order valence-corrected chi connectivity index (χ2v) is 9.49. The lowest BCUT2D eigenvalue weighted by atomic mass is 9.52. The minimum atomic E-state index is 0.231. The second-order valence-electron chi connectivity index (χ2n) is 9.49. The summed E-state index contributed by atoms with van der Waals surface area (Å²) >= 11 is 0. The van der Waals surface area contributed by atoms with Gasteiger partial charge in [-0.05, 0) is 91.2 Å². The number of ether oxygens (including phenoxy) is 2. The first-order valence-electron chi connectivity index (χ1n) is 10.4. The Morgan fingerprint density at radius 1 is 0.920 bits per heavy atom. The van der Waals surface area contributed by atoms with Gasteiger partial charge in [-0.3, -0.25) is 0 Å². The van der Waals surface area contributed by atoms with Crippen molar-refractivity contribution in [2.75, 3.05) is 13.4 Å². The van der Waals surface area contributed by atoms with Gasteiger partial charge in [0.05, 0.1) is 6.61 Å².